The van der Waals surface area contributed by atoms with E-state index >= 15 is 0 Å². The number of nitrogens with zero attached hydrogens (tertiary/aromatic N) is 5. The highest BCUT2D eigenvalue weighted by Crippen LogP contribution is 2.26. The van der Waals surface area contributed by atoms with Gasteiger partial charge in [-0.3, -0.25) is 14.6 Å². The average Bonchev–Trinajstić information content (AvgIpc) is 3.55. The summed E-state index contributed by atoms with van der Waals surface area (Å²) in [6.07, 6.45) is 5.16. The zero-order valence-corrected chi connectivity index (χ0v) is 18.9. The predicted octanol–water partition coefficient (Wildman–Crippen LogP) is 4.78. The fourth-order valence-electron chi connectivity index (χ4n) is 4.25. The number of benzene rings is 2. The Hall–Kier alpha value is -3.36. The van der Waals surface area contributed by atoms with E-state index in [0.717, 1.165) is 38.2 Å². The van der Waals surface area contributed by atoms with Gasteiger partial charge in [-0.25, -0.2) is 14.1 Å². The lowest BCUT2D eigenvalue weighted by Gasteiger charge is -2.37. The molecule has 0 unspecified atom stereocenters. The SMILES string of the molecule is O=C(c1nccs1)N(c1ccn(-c2ccc(F)cc2)n1)C1CCN(Cc2ccccc2)CC1. The first-order chi connectivity index (χ1) is 16.2. The smallest absolute Gasteiger partial charge is 0.288 e. The molecule has 1 fully saturated rings. The van der Waals surface area contributed by atoms with Crippen LogP contribution in [0.4, 0.5) is 10.2 Å². The largest absolute Gasteiger partial charge is 0.299 e. The van der Waals surface area contributed by atoms with Crippen LogP contribution >= 0.6 is 11.3 Å². The minimum atomic E-state index is -0.297. The van der Waals surface area contributed by atoms with Crippen molar-refractivity contribution in [3.63, 3.8) is 0 Å². The molecule has 168 valence electrons. The normalized spacial score (nSPS) is 14.9. The number of hydrogen-bond acceptors (Lipinski definition) is 5. The number of carbonyl (C=O) groups is 1. The van der Waals surface area contributed by atoms with Crippen molar-refractivity contribution >= 4 is 23.1 Å². The molecule has 4 aromatic rings. The first kappa shape index (κ1) is 21.5. The maximum absolute atomic E-state index is 13.4. The highest BCUT2D eigenvalue weighted by Gasteiger charge is 2.32. The Balaban J connectivity index is 1.36. The summed E-state index contributed by atoms with van der Waals surface area (Å²) in [5, 5.41) is 6.93. The first-order valence-electron chi connectivity index (χ1n) is 11.0. The second-order valence-electron chi connectivity index (χ2n) is 8.10. The van der Waals surface area contributed by atoms with Crippen LogP contribution in [0, 0.1) is 5.82 Å². The average molecular weight is 462 g/mol. The van der Waals surface area contributed by atoms with Gasteiger partial charge in [0.25, 0.3) is 5.91 Å². The maximum atomic E-state index is 13.4. The molecule has 6 nitrogen and oxygen atoms in total. The summed E-state index contributed by atoms with van der Waals surface area (Å²) < 4.78 is 15.0. The van der Waals surface area contributed by atoms with Gasteiger partial charge in [-0.05, 0) is 42.7 Å². The molecule has 1 saturated heterocycles. The molecule has 3 heterocycles. The maximum Gasteiger partial charge on any atom is 0.288 e. The summed E-state index contributed by atoms with van der Waals surface area (Å²) >= 11 is 1.34. The van der Waals surface area contributed by atoms with E-state index in [1.807, 2.05) is 17.5 Å². The van der Waals surface area contributed by atoms with Gasteiger partial charge in [-0.2, -0.15) is 0 Å². The summed E-state index contributed by atoms with van der Waals surface area (Å²) in [5.41, 5.74) is 2.03. The molecule has 1 aliphatic heterocycles. The fourth-order valence-corrected chi connectivity index (χ4v) is 4.82. The molecule has 1 aliphatic rings. The number of likely N-dealkylation sites (tertiary alicyclic amines) is 1. The van der Waals surface area contributed by atoms with Gasteiger partial charge in [0.15, 0.2) is 10.8 Å². The fraction of sp³-hybridized carbons (Fsp3) is 0.240. The molecule has 0 atom stereocenters. The van der Waals surface area contributed by atoms with Gasteiger partial charge >= 0.3 is 0 Å². The van der Waals surface area contributed by atoms with Crippen LogP contribution in [-0.4, -0.2) is 44.7 Å². The zero-order chi connectivity index (χ0) is 22.6. The Kier molecular flexibility index (Phi) is 6.28. The van der Waals surface area contributed by atoms with E-state index in [1.165, 1.54) is 29.0 Å². The number of amides is 1. The lowest BCUT2D eigenvalue weighted by atomic mass is 10.0. The third-order valence-corrected chi connectivity index (χ3v) is 6.68. The van der Waals surface area contributed by atoms with Gasteiger partial charge in [0, 0.05) is 49.5 Å². The number of rotatable bonds is 6. The molecule has 0 spiro atoms. The van der Waals surface area contributed by atoms with Crippen LogP contribution in [0.2, 0.25) is 0 Å². The first-order valence-corrected chi connectivity index (χ1v) is 11.9. The minimum absolute atomic E-state index is 0.0324. The monoisotopic (exact) mass is 461 g/mol. The molecule has 8 heteroatoms. The second kappa shape index (κ2) is 9.64. The molecule has 2 aromatic carbocycles. The summed E-state index contributed by atoms with van der Waals surface area (Å²) in [6, 6.07) is 18.5. The standard InChI is InChI=1S/C25H24FN5OS/c26-20-6-8-21(9-7-20)30-16-12-23(28-30)31(25(32)24-27-13-17-33-24)22-10-14-29(15-11-22)18-19-4-2-1-3-5-19/h1-9,12-13,16-17,22H,10-11,14-15,18H2. The lowest BCUT2D eigenvalue weighted by Crippen LogP contribution is -2.47. The topological polar surface area (TPSA) is 54.3 Å². The Labute approximate surface area is 195 Å². The molecule has 33 heavy (non-hydrogen) atoms. The molecule has 0 saturated carbocycles. The molecular weight excluding hydrogens is 437 g/mol. The van der Waals surface area contributed by atoms with Crippen LogP contribution in [0.3, 0.4) is 0 Å². The van der Waals surface area contributed by atoms with Crippen LogP contribution in [0.25, 0.3) is 5.69 Å². The summed E-state index contributed by atoms with van der Waals surface area (Å²) in [7, 11) is 0. The summed E-state index contributed by atoms with van der Waals surface area (Å²) in [4.78, 5) is 21.9. The van der Waals surface area contributed by atoms with E-state index in [4.69, 9.17) is 0 Å². The third-order valence-electron chi connectivity index (χ3n) is 5.92. The van der Waals surface area contributed by atoms with Crippen molar-refractivity contribution in [1.82, 2.24) is 19.7 Å². The molecule has 2 aromatic heterocycles. The molecule has 1 amide bonds. The number of anilines is 1. The van der Waals surface area contributed by atoms with Gasteiger partial charge in [0.1, 0.15) is 5.82 Å². The van der Waals surface area contributed by atoms with Crippen molar-refractivity contribution in [3.8, 4) is 5.69 Å². The lowest BCUT2D eigenvalue weighted by molar-refractivity contribution is 0.0957. The van der Waals surface area contributed by atoms with Crippen molar-refractivity contribution in [1.29, 1.82) is 0 Å². The quantitative estimate of drug-likeness (QED) is 0.415. The third kappa shape index (κ3) is 4.86. The van der Waals surface area contributed by atoms with Crippen LogP contribution in [0.15, 0.2) is 78.4 Å². The molecular formula is C25H24FN5OS. The number of thiazole rings is 1. The van der Waals surface area contributed by atoms with E-state index in [0.29, 0.717) is 10.8 Å². The van der Waals surface area contributed by atoms with Gasteiger partial charge in [0.05, 0.1) is 5.69 Å². The Morgan fingerprint density at radius 2 is 1.82 bits per heavy atom. The molecule has 0 aliphatic carbocycles. The number of hydrogen-bond donors (Lipinski definition) is 0. The highest BCUT2D eigenvalue weighted by atomic mass is 32.1. The van der Waals surface area contributed by atoms with Crippen LogP contribution in [0.5, 0.6) is 0 Å². The molecule has 0 radical (unpaired) electrons. The number of carbonyl (C=O) groups excluding carboxylic acids is 1. The van der Waals surface area contributed by atoms with Crippen molar-refractivity contribution in [2.75, 3.05) is 18.0 Å². The molecule has 0 N–H and O–H groups in total. The van der Waals surface area contributed by atoms with Crippen molar-refractivity contribution < 1.29 is 9.18 Å². The summed E-state index contributed by atoms with van der Waals surface area (Å²) in [5.74, 6) is 0.158. The van der Waals surface area contributed by atoms with E-state index in [9.17, 15) is 9.18 Å². The Morgan fingerprint density at radius 1 is 1.06 bits per heavy atom. The number of piperidine rings is 1. The summed E-state index contributed by atoms with van der Waals surface area (Å²) in [6.45, 7) is 2.72. The number of halogens is 1. The van der Waals surface area contributed by atoms with Crippen molar-refractivity contribution in [2.45, 2.75) is 25.4 Å². The second-order valence-corrected chi connectivity index (χ2v) is 8.99. The zero-order valence-electron chi connectivity index (χ0n) is 18.0. The Bertz CT molecular complexity index is 1190. The van der Waals surface area contributed by atoms with Crippen LogP contribution in [-0.2, 0) is 6.54 Å². The van der Waals surface area contributed by atoms with E-state index < -0.39 is 0 Å². The Morgan fingerprint density at radius 3 is 2.52 bits per heavy atom. The van der Waals surface area contributed by atoms with Crippen molar-refractivity contribution in [2.24, 2.45) is 0 Å². The van der Waals surface area contributed by atoms with E-state index in [-0.39, 0.29) is 17.8 Å². The van der Waals surface area contributed by atoms with E-state index in [2.05, 4.69) is 39.2 Å². The number of aromatic nitrogens is 3. The predicted molar refractivity (Wildman–Crippen MR) is 127 cm³/mol. The van der Waals surface area contributed by atoms with Crippen LogP contribution in [0.1, 0.15) is 28.2 Å². The van der Waals surface area contributed by atoms with Gasteiger partial charge in [-0.15, -0.1) is 16.4 Å². The van der Waals surface area contributed by atoms with E-state index in [1.54, 1.807) is 34.1 Å². The molecule has 0 bridgehead atoms. The highest BCUT2D eigenvalue weighted by molar-refractivity contribution is 7.11. The minimum Gasteiger partial charge on any atom is -0.299 e. The van der Waals surface area contributed by atoms with Gasteiger partial charge < -0.3 is 0 Å². The molecule has 5 rings (SSSR count). The van der Waals surface area contributed by atoms with Crippen LogP contribution < -0.4 is 4.90 Å². The van der Waals surface area contributed by atoms with Gasteiger partial charge in [-0.1, -0.05) is 30.3 Å². The van der Waals surface area contributed by atoms with Gasteiger partial charge in [0.2, 0.25) is 0 Å². The van der Waals surface area contributed by atoms with Crippen molar-refractivity contribution in [3.05, 3.63) is 94.8 Å².